The predicted molar refractivity (Wildman–Crippen MR) is 76.2 cm³/mol. The molecule has 0 aliphatic carbocycles. The smallest absolute Gasteiger partial charge is 0.243 e. The molecule has 122 valence electrons. The molecule has 1 aromatic rings. The summed E-state index contributed by atoms with van der Waals surface area (Å²) >= 11 is 0. The van der Waals surface area contributed by atoms with Crippen LogP contribution in [0.15, 0.2) is 17.1 Å². The molecule has 3 N–H and O–H groups in total. The summed E-state index contributed by atoms with van der Waals surface area (Å²) in [5.41, 5.74) is -0.437. The second-order valence-electron chi connectivity index (χ2n) is 4.12. The molecule has 0 atom stereocenters. The number of carbonyl (C=O) groups excluding carboxylic acids is 1. The van der Waals surface area contributed by atoms with E-state index in [0.717, 1.165) is 12.1 Å². The number of rotatable bonds is 6. The van der Waals surface area contributed by atoms with Gasteiger partial charge in [0, 0.05) is 20.7 Å². The van der Waals surface area contributed by atoms with E-state index in [9.17, 15) is 18.0 Å². The maximum Gasteiger partial charge on any atom is 0.243 e. The Morgan fingerprint density at radius 3 is 2.59 bits per heavy atom. The average Bonchev–Trinajstić information content (AvgIpc) is 2.51. The van der Waals surface area contributed by atoms with Crippen molar-refractivity contribution < 1.29 is 22.7 Å². The normalized spacial score (nSPS) is 11.2. The minimum Gasteiger partial charge on any atom is -0.383 e. The van der Waals surface area contributed by atoms with Crippen molar-refractivity contribution in [3.63, 3.8) is 0 Å². The third-order valence-electron chi connectivity index (χ3n) is 2.55. The van der Waals surface area contributed by atoms with Gasteiger partial charge in [-0.2, -0.15) is 0 Å². The van der Waals surface area contributed by atoms with Gasteiger partial charge in [0.2, 0.25) is 5.91 Å². The van der Waals surface area contributed by atoms with Gasteiger partial charge in [0.1, 0.15) is 0 Å². The van der Waals surface area contributed by atoms with Gasteiger partial charge in [-0.25, -0.2) is 13.2 Å². The van der Waals surface area contributed by atoms with Crippen molar-refractivity contribution in [2.45, 2.75) is 0 Å². The largest absolute Gasteiger partial charge is 0.383 e. The van der Waals surface area contributed by atoms with Gasteiger partial charge in [-0.15, -0.1) is 0 Å². The average molecular weight is 318 g/mol. The van der Waals surface area contributed by atoms with Crippen LogP contribution in [-0.4, -0.2) is 45.7 Å². The van der Waals surface area contributed by atoms with Crippen LogP contribution in [0, 0.1) is 17.5 Å². The van der Waals surface area contributed by atoms with Crippen LogP contribution < -0.4 is 16.0 Å². The quantitative estimate of drug-likeness (QED) is 0.315. The number of hydrogen-bond donors (Lipinski definition) is 3. The lowest BCUT2D eigenvalue weighted by Gasteiger charge is -2.12. The third-order valence-corrected chi connectivity index (χ3v) is 2.55. The summed E-state index contributed by atoms with van der Waals surface area (Å²) in [5.74, 6) is -4.70. The molecule has 0 unspecified atom stereocenters. The lowest BCUT2D eigenvalue weighted by Crippen LogP contribution is -2.42. The Morgan fingerprint density at radius 2 is 1.95 bits per heavy atom. The first-order valence-corrected chi connectivity index (χ1v) is 6.36. The molecule has 6 nitrogen and oxygen atoms in total. The standard InChI is InChI=1S/C13H17F3N4O2/c1-17-13(18-5-6-22-2)19-7-10(21)20-9-4-3-8(14)11(15)12(9)16/h3-4H,5-7H2,1-2H3,(H,20,21)(H2,17,18,19). The molecular weight excluding hydrogens is 301 g/mol. The summed E-state index contributed by atoms with van der Waals surface area (Å²) in [4.78, 5) is 15.5. The highest BCUT2D eigenvalue weighted by molar-refractivity contribution is 5.95. The summed E-state index contributed by atoms with van der Waals surface area (Å²) in [6.45, 7) is 0.702. The number of hydrogen-bond acceptors (Lipinski definition) is 3. The predicted octanol–water partition coefficient (Wildman–Crippen LogP) is 0.854. The molecule has 0 aliphatic heterocycles. The van der Waals surface area contributed by atoms with Gasteiger partial charge in [0.25, 0.3) is 0 Å². The highest BCUT2D eigenvalue weighted by Gasteiger charge is 2.15. The van der Waals surface area contributed by atoms with Crippen molar-refractivity contribution in [3.8, 4) is 0 Å². The van der Waals surface area contributed by atoms with Crippen LogP contribution in [-0.2, 0) is 9.53 Å². The molecule has 0 saturated carbocycles. The fourth-order valence-corrected chi connectivity index (χ4v) is 1.47. The Balaban J connectivity index is 2.51. The topological polar surface area (TPSA) is 74.8 Å². The SMILES string of the molecule is CN=C(NCCOC)NCC(=O)Nc1ccc(F)c(F)c1F. The molecule has 1 amide bonds. The van der Waals surface area contributed by atoms with E-state index in [0.29, 0.717) is 19.1 Å². The summed E-state index contributed by atoms with van der Waals surface area (Å²) in [6.07, 6.45) is 0. The van der Waals surface area contributed by atoms with Gasteiger partial charge in [-0.3, -0.25) is 9.79 Å². The van der Waals surface area contributed by atoms with Crippen molar-refractivity contribution in [2.24, 2.45) is 4.99 Å². The number of anilines is 1. The van der Waals surface area contributed by atoms with Gasteiger partial charge in [-0.1, -0.05) is 0 Å². The molecule has 0 heterocycles. The van der Waals surface area contributed by atoms with E-state index in [-0.39, 0.29) is 6.54 Å². The number of carbonyl (C=O) groups is 1. The van der Waals surface area contributed by atoms with E-state index in [1.807, 2.05) is 0 Å². The Hall–Kier alpha value is -2.29. The van der Waals surface area contributed by atoms with Gasteiger partial charge in [0.05, 0.1) is 18.8 Å². The van der Waals surface area contributed by atoms with Gasteiger partial charge < -0.3 is 20.7 Å². The number of benzene rings is 1. The number of ether oxygens (including phenoxy) is 1. The Bertz CT molecular complexity index is 552. The monoisotopic (exact) mass is 318 g/mol. The number of halogens is 3. The van der Waals surface area contributed by atoms with Crippen LogP contribution in [0.5, 0.6) is 0 Å². The minimum absolute atomic E-state index is 0.231. The van der Waals surface area contributed by atoms with E-state index in [4.69, 9.17) is 4.74 Å². The van der Waals surface area contributed by atoms with Crippen LogP contribution in [0.3, 0.4) is 0 Å². The van der Waals surface area contributed by atoms with Crippen LogP contribution in [0.1, 0.15) is 0 Å². The molecule has 0 bridgehead atoms. The fourth-order valence-electron chi connectivity index (χ4n) is 1.47. The van der Waals surface area contributed by atoms with Crippen molar-refractivity contribution >= 4 is 17.6 Å². The molecular formula is C13H17F3N4O2. The number of methoxy groups -OCH3 is 1. The Morgan fingerprint density at radius 1 is 1.23 bits per heavy atom. The van der Waals surface area contributed by atoms with E-state index in [2.05, 4.69) is 20.9 Å². The van der Waals surface area contributed by atoms with Gasteiger partial charge in [-0.05, 0) is 12.1 Å². The number of nitrogens with one attached hydrogen (secondary N) is 3. The first-order valence-electron chi connectivity index (χ1n) is 6.36. The number of amides is 1. The molecule has 9 heteroatoms. The maximum atomic E-state index is 13.4. The summed E-state index contributed by atoms with van der Waals surface area (Å²) < 4.78 is 44.0. The van der Waals surface area contributed by atoms with E-state index >= 15 is 0 Å². The molecule has 0 aromatic heterocycles. The van der Waals surface area contributed by atoms with Crippen LogP contribution >= 0.6 is 0 Å². The molecule has 0 spiro atoms. The van der Waals surface area contributed by atoms with Crippen molar-refractivity contribution in [1.82, 2.24) is 10.6 Å². The fraction of sp³-hybridized carbons (Fsp3) is 0.385. The molecule has 1 rings (SSSR count). The summed E-state index contributed by atoms with van der Waals surface area (Å²) in [7, 11) is 3.05. The van der Waals surface area contributed by atoms with Gasteiger partial charge in [0.15, 0.2) is 23.4 Å². The summed E-state index contributed by atoms with van der Waals surface area (Å²) in [5, 5.41) is 7.68. The lowest BCUT2D eigenvalue weighted by molar-refractivity contribution is -0.115. The maximum absolute atomic E-state index is 13.4. The van der Waals surface area contributed by atoms with Crippen molar-refractivity contribution in [3.05, 3.63) is 29.6 Å². The second kappa shape index (κ2) is 8.88. The van der Waals surface area contributed by atoms with E-state index in [1.54, 1.807) is 7.11 Å². The number of guanidine groups is 1. The van der Waals surface area contributed by atoms with Gasteiger partial charge >= 0.3 is 0 Å². The highest BCUT2D eigenvalue weighted by Crippen LogP contribution is 2.19. The molecule has 1 aromatic carbocycles. The Kier molecular flexibility index (Phi) is 7.17. The van der Waals surface area contributed by atoms with Crippen molar-refractivity contribution in [1.29, 1.82) is 0 Å². The number of nitrogens with zero attached hydrogens (tertiary/aromatic N) is 1. The van der Waals surface area contributed by atoms with Crippen LogP contribution in [0.25, 0.3) is 0 Å². The molecule has 0 fully saturated rings. The first-order chi connectivity index (χ1) is 10.5. The van der Waals surface area contributed by atoms with Crippen LogP contribution in [0.4, 0.5) is 18.9 Å². The second-order valence-corrected chi connectivity index (χ2v) is 4.12. The molecule has 0 saturated heterocycles. The van der Waals surface area contributed by atoms with Crippen molar-refractivity contribution in [2.75, 3.05) is 39.2 Å². The highest BCUT2D eigenvalue weighted by atomic mass is 19.2. The summed E-state index contributed by atoms with van der Waals surface area (Å²) in [6, 6.07) is 1.67. The zero-order chi connectivity index (χ0) is 16.5. The number of aliphatic imine (C=N–C) groups is 1. The zero-order valence-corrected chi connectivity index (χ0v) is 12.2. The third kappa shape index (κ3) is 5.24. The zero-order valence-electron chi connectivity index (χ0n) is 12.2. The van der Waals surface area contributed by atoms with Crippen LogP contribution in [0.2, 0.25) is 0 Å². The first kappa shape index (κ1) is 17.8. The molecule has 0 aliphatic rings. The van der Waals surface area contributed by atoms with E-state index < -0.39 is 29.0 Å². The molecule has 0 radical (unpaired) electrons. The van der Waals surface area contributed by atoms with E-state index in [1.165, 1.54) is 7.05 Å². The Labute approximate surface area is 125 Å². The minimum atomic E-state index is -1.64. The molecule has 22 heavy (non-hydrogen) atoms. The lowest BCUT2D eigenvalue weighted by atomic mass is 10.2.